The maximum atomic E-state index is 12.3. The predicted molar refractivity (Wildman–Crippen MR) is 82.4 cm³/mol. The van der Waals surface area contributed by atoms with Crippen molar-refractivity contribution in [1.82, 2.24) is 10.6 Å². The average molecular weight is 309 g/mol. The molecule has 0 aromatic carbocycles. The van der Waals surface area contributed by atoms with E-state index in [0.717, 1.165) is 58.5 Å². The molecular weight excluding hydrogens is 280 g/mol. The minimum Gasteiger partial charge on any atom is -0.384 e. The molecule has 1 fully saturated rings. The quantitative estimate of drug-likeness (QED) is 0.631. The third-order valence-electron chi connectivity index (χ3n) is 3.67. The first kappa shape index (κ1) is 19.6. The molecule has 0 aromatic heterocycles. The number of amides is 1. The summed E-state index contributed by atoms with van der Waals surface area (Å²) in [5, 5.41) is 6.34. The molecule has 5 nitrogen and oxygen atoms in total. The zero-order valence-electron chi connectivity index (χ0n) is 12.7. The second kappa shape index (κ2) is 11.3. The minimum atomic E-state index is -0.333. The van der Waals surface area contributed by atoms with Gasteiger partial charge in [-0.2, -0.15) is 0 Å². The Labute approximate surface area is 128 Å². The van der Waals surface area contributed by atoms with E-state index in [9.17, 15) is 4.79 Å². The molecule has 0 aliphatic carbocycles. The molecule has 1 rings (SSSR count). The highest BCUT2D eigenvalue weighted by molar-refractivity contribution is 5.85. The molecular formula is C14H29ClN2O3. The maximum absolute atomic E-state index is 12.3. The van der Waals surface area contributed by atoms with E-state index >= 15 is 0 Å². The van der Waals surface area contributed by atoms with Crippen molar-refractivity contribution >= 4 is 18.3 Å². The lowest BCUT2D eigenvalue weighted by atomic mass is 9.78. The first-order valence-electron chi connectivity index (χ1n) is 7.31. The summed E-state index contributed by atoms with van der Waals surface area (Å²) in [6.07, 6.45) is 3.66. The normalized spacial score (nSPS) is 17.3. The zero-order valence-corrected chi connectivity index (χ0v) is 13.5. The van der Waals surface area contributed by atoms with E-state index in [1.807, 2.05) is 6.92 Å². The molecule has 0 spiro atoms. The fraction of sp³-hybridized carbons (Fsp3) is 0.929. The fourth-order valence-corrected chi connectivity index (χ4v) is 2.48. The number of hydrogen-bond donors (Lipinski definition) is 2. The van der Waals surface area contributed by atoms with Crippen molar-refractivity contribution in [2.45, 2.75) is 32.6 Å². The Morgan fingerprint density at radius 2 is 2.00 bits per heavy atom. The summed E-state index contributed by atoms with van der Waals surface area (Å²) in [7, 11) is 1.67. The van der Waals surface area contributed by atoms with Gasteiger partial charge in [-0.1, -0.05) is 0 Å². The number of hydrogen-bond acceptors (Lipinski definition) is 4. The highest BCUT2D eigenvalue weighted by Crippen LogP contribution is 2.29. The zero-order chi connectivity index (χ0) is 14.0. The second-order valence-electron chi connectivity index (χ2n) is 5.12. The lowest BCUT2D eigenvalue weighted by molar-refractivity contribution is -0.136. The number of methoxy groups -OCH3 is 1. The first-order valence-corrected chi connectivity index (χ1v) is 7.31. The fourth-order valence-electron chi connectivity index (χ4n) is 2.48. The molecule has 0 bridgehead atoms. The van der Waals surface area contributed by atoms with Gasteiger partial charge in [0.1, 0.15) is 0 Å². The van der Waals surface area contributed by atoms with Gasteiger partial charge in [0.05, 0.1) is 12.0 Å². The largest absolute Gasteiger partial charge is 0.384 e. The molecule has 0 unspecified atom stereocenters. The number of carbonyl (C=O) groups excluding carboxylic acids is 1. The van der Waals surface area contributed by atoms with Crippen molar-refractivity contribution in [2.75, 3.05) is 46.6 Å². The van der Waals surface area contributed by atoms with Gasteiger partial charge in [0, 0.05) is 26.9 Å². The first-order chi connectivity index (χ1) is 9.25. The van der Waals surface area contributed by atoms with E-state index in [1.54, 1.807) is 7.11 Å². The van der Waals surface area contributed by atoms with Crippen molar-refractivity contribution in [3.8, 4) is 0 Å². The standard InChI is InChI=1S/C14H28N2O3.ClH/c1-3-19-11-5-4-8-16-13(17)14(12-18-2)6-9-15-10-7-14;/h15H,3-12H2,1-2H3,(H,16,17);1H. The molecule has 1 amide bonds. The van der Waals surface area contributed by atoms with Crippen LogP contribution in [0.2, 0.25) is 0 Å². The molecule has 20 heavy (non-hydrogen) atoms. The number of halogens is 1. The number of rotatable bonds is 9. The van der Waals surface area contributed by atoms with Gasteiger partial charge in [-0.25, -0.2) is 0 Å². The topological polar surface area (TPSA) is 59.6 Å². The Morgan fingerprint density at radius 3 is 2.60 bits per heavy atom. The van der Waals surface area contributed by atoms with E-state index < -0.39 is 0 Å². The van der Waals surface area contributed by atoms with Crippen LogP contribution < -0.4 is 10.6 Å². The van der Waals surface area contributed by atoms with Crippen LogP contribution in [-0.4, -0.2) is 52.5 Å². The van der Waals surface area contributed by atoms with Crippen molar-refractivity contribution in [3.05, 3.63) is 0 Å². The van der Waals surface area contributed by atoms with Gasteiger partial charge >= 0.3 is 0 Å². The van der Waals surface area contributed by atoms with Crippen LogP contribution in [0.15, 0.2) is 0 Å². The van der Waals surface area contributed by atoms with E-state index in [2.05, 4.69) is 10.6 Å². The monoisotopic (exact) mass is 308 g/mol. The molecule has 1 heterocycles. The Bertz CT molecular complexity index is 253. The van der Waals surface area contributed by atoms with E-state index in [0.29, 0.717) is 6.61 Å². The van der Waals surface area contributed by atoms with Crippen LogP contribution in [0.25, 0.3) is 0 Å². The van der Waals surface area contributed by atoms with Gasteiger partial charge in [-0.3, -0.25) is 4.79 Å². The number of unbranched alkanes of at least 4 members (excludes halogenated alkanes) is 1. The average Bonchev–Trinajstić information content (AvgIpc) is 2.44. The molecule has 1 aliphatic heterocycles. The van der Waals surface area contributed by atoms with Gasteiger partial charge < -0.3 is 20.1 Å². The molecule has 6 heteroatoms. The van der Waals surface area contributed by atoms with Crippen LogP contribution in [0, 0.1) is 5.41 Å². The minimum absolute atomic E-state index is 0. The van der Waals surface area contributed by atoms with Crippen LogP contribution in [0.5, 0.6) is 0 Å². The third-order valence-corrected chi connectivity index (χ3v) is 3.67. The molecule has 2 N–H and O–H groups in total. The van der Waals surface area contributed by atoms with Crippen LogP contribution >= 0.6 is 12.4 Å². The Balaban J connectivity index is 0.00000361. The summed E-state index contributed by atoms with van der Waals surface area (Å²) >= 11 is 0. The molecule has 0 radical (unpaired) electrons. The van der Waals surface area contributed by atoms with E-state index in [4.69, 9.17) is 9.47 Å². The van der Waals surface area contributed by atoms with E-state index in [1.165, 1.54) is 0 Å². The lowest BCUT2D eigenvalue weighted by Crippen LogP contribution is -2.50. The summed E-state index contributed by atoms with van der Waals surface area (Å²) in [4.78, 5) is 12.3. The van der Waals surface area contributed by atoms with Crippen molar-refractivity contribution in [1.29, 1.82) is 0 Å². The number of piperidine rings is 1. The highest BCUT2D eigenvalue weighted by atomic mass is 35.5. The van der Waals surface area contributed by atoms with Gasteiger partial charge in [0.15, 0.2) is 0 Å². The highest BCUT2D eigenvalue weighted by Gasteiger charge is 2.39. The molecule has 0 atom stereocenters. The summed E-state index contributed by atoms with van der Waals surface area (Å²) in [6.45, 7) is 6.55. The summed E-state index contributed by atoms with van der Waals surface area (Å²) < 4.78 is 10.5. The Morgan fingerprint density at radius 1 is 1.30 bits per heavy atom. The lowest BCUT2D eigenvalue weighted by Gasteiger charge is -2.35. The van der Waals surface area contributed by atoms with Gasteiger partial charge in [0.2, 0.25) is 5.91 Å². The Hall–Kier alpha value is -0.360. The molecule has 0 aromatic rings. The number of carbonyl (C=O) groups is 1. The van der Waals surface area contributed by atoms with Crippen LogP contribution in [0.1, 0.15) is 32.6 Å². The molecule has 0 saturated carbocycles. The predicted octanol–water partition coefficient (Wildman–Crippen LogP) is 1.36. The van der Waals surface area contributed by atoms with Crippen LogP contribution in [-0.2, 0) is 14.3 Å². The van der Waals surface area contributed by atoms with Crippen molar-refractivity contribution in [3.63, 3.8) is 0 Å². The molecule has 120 valence electrons. The van der Waals surface area contributed by atoms with Crippen molar-refractivity contribution in [2.24, 2.45) is 5.41 Å². The number of nitrogens with one attached hydrogen (secondary N) is 2. The van der Waals surface area contributed by atoms with Crippen molar-refractivity contribution < 1.29 is 14.3 Å². The molecule has 1 aliphatic rings. The van der Waals surface area contributed by atoms with Gasteiger partial charge in [0.25, 0.3) is 0 Å². The number of ether oxygens (including phenoxy) is 2. The Kier molecular flexibility index (Phi) is 11.1. The molecule has 1 saturated heterocycles. The smallest absolute Gasteiger partial charge is 0.228 e. The summed E-state index contributed by atoms with van der Waals surface area (Å²) in [6, 6.07) is 0. The van der Waals surface area contributed by atoms with E-state index in [-0.39, 0.29) is 23.7 Å². The maximum Gasteiger partial charge on any atom is 0.228 e. The van der Waals surface area contributed by atoms with Gasteiger partial charge in [-0.15, -0.1) is 12.4 Å². The SMILES string of the molecule is CCOCCCCNC(=O)C1(COC)CCNCC1.Cl. The van der Waals surface area contributed by atoms with Crippen LogP contribution in [0.3, 0.4) is 0 Å². The van der Waals surface area contributed by atoms with Gasteiger partial charge in [-0.05, 0) is 45.7 Å². The summed E-state index contributed by atoms with van der Waals surface area (Å²) in [5.74, 6) is 0.146. The third kappa shape index (κ3) is 6.39. The van der Waals surface area contributed by atoms with Crippen LogP contribution in [0.4, 0.5) is 0 Å². The second-order valence-corrected chi connectivity index (χ2v) is 5.12. The summed E-state index contributed by atoms with van der Waals surface area (Å²) in [5.41, 5.74) is -0.333.